The molecule has 0 saturated heterocycles. The molecule has 3 nitrogen and oxygen atoms in total. The number of halogens is 1. The summed E-state index contributed by atoms with van der Waals surface area (Å²) < 4.78 is 0.651. The predicted molar refractivity (Wildman–Crippen MR) is 45.7 cm³/mol. The van der Waals surface area contributed by atoms with Gasteiger partial charge >= 0.3 is 0 Å². The lowest BCUT2D eigenvalue weighted by molar-refractivity contribution is -0.607. The third-order valence-electron chi connectivity index (χ3n) is 1.57. The minimum absolute atomic E-state index is 0.607. The lowest BCUT2D eigenvalue weighted by Crippen LogP contribution is -2.24. The molecule has 1 aromatic heterocycles. The molecule has 0 atom stereocenters. The molecule has 12 heavy (non-hydrogen) atoms. The normalized spacial score (nSPS) is 10.4. The predicted octanol–water partition coefficient (Wildman–Crippen LogP) is 1.52. The van der Waals surface area contributed by atoms with E-state index in [-0.39, 0.29) is 0 Å². The summed E-state index contributed by atoms with van der Waals surface area (Å²) in [7, 11) is 0. The van der Waals surface area contributed by atoms with Gasteiger partial charge in [0.25, 0.3) is 6.33 Å². The summed E-state index contributed by atoms with van der Waals surface area (Å²) >= 11 is 5.73. The van der Waals surface area contributed by atoms with E-state index in [4.69, 9.17) is 11.6 Å². The molecule has 60 valence electrons. The highest BCUT2D eigenvalue weighted by atomic mass is 35.5. The molecule has 1 aromatic carbocycles. The maximum atomic E-state index is 10.8. The topological polar surface area (TPSA) is 39.8 Å². The Morgan fingerprint density at radius 1 is 1.42 bits per heavy atom. The molecule has 0 N–H and O–H groups in total. The summed E-state index contributed by atoms with van der Waals surface area (Å²) in [5.74, 6) is 0. The number of rotatable bonds is 0. The van der Waals surface area contributed by atoms with Crippen LogP contribution in [-0.2, 0) is 0 Å². The fraction of sp³-hybridized carbons (Fsp3) is 0. The van der Waals surface area contributed by atoms with Gasteiger partial charge in [-0.2, -0.15) is 0 Å². The first-order valence-corrected chi connectivity index (χ1v) is 3.77. The molecule has 4 heteroatoms. The minimum atomic E-state index is 0.607. The van der Waals surface area contributed by atoms with E-state index >= 15 is 0 Å². The SMILES string of the molecule is [O-][n+]1cnc2ccc(Cl)cc2c1. The Hall–Kier alpha value is -1.35. The highest BCUT2D eigenvalue weighted by molar-refractivity contribution is 6.31. The van der Waals surface area contributed by atoms with E-state index < -0.39 is 0 Å². The molecule has 0 amide bonds. The van der Waals surface area contributed by atoms with Crippen molar-refractivity contribution in [2.45, 2.75) is 0 Å². The van der Waals surface area contributed by atoms with E-state index in [0.29, 0.717) is 9.75 Å². The Labute approximate surface area is 73.8 Å². The Kier molecular flexibility index (Phi) is 1.59. The molecule has 0 aliphatic rings. The lowest BCUT2D eigenvalue weighted by atomic mass is 10.2. The van der Waals surface area contributed by atoms with Crippen molar-refractivity contribution in [2.24, 2.45) is 0 Å². The molecule has 1 heterocycles. The van der Waals surface area contributed by atoms with E-state index in [1.807, 2.05) is 0 Å². The second kappa shape index (κ2) is 2.60. The van der Waals surface area contributed by atoms with Gasteiger partial charge in [0.05, 0.1) is 5.39 Å². The van der Waals surface area contributed by atoms with E-state index in [2.05, 4.69) is 4.98 Å². The number of hydrogen-bond donors (Lipinski definition) is 0. The van der Waals surface area contributed by atoms with E-state index in [1.54, 1.807) is 18.2 Å². The Bertz CT molecular complexity index is 394. The summed E-state index contributed by atoms with van der Waals surface area (Å²) in [6.07, 6.45) is 2.66. The molecule has 0 aliphatic heterocycles. The van der Waals surface area contributed by atoms with Crippen LogP contribution in [0.15, 0.2) is 30.7 Å². The fourth-order valence-electron chi connectivity index (χ4n) is 1.04. The molecular weight excluding hydrogens is 176 g/mol. The van der Waals surface area contributed by atoms with Crippen LogP contribution in [0.3, 0.4) is 0 Å². The van der Waals surface area contributed by atoms with Crippen molar-refractivity contribution >= 4 is 22.5 Å². The first kappa shape index (κ1) is 7.31. The lowest BCUT2D eigenvalue weighted by Gasteiger charge is -1.98. The third-order valence-corrected chi connectivity index (χ3v) is 1.80. The van der Waals surface area contributed by atoms with Gasteiger partial charge in [-0.05, 0) is 23.2 Å². The molecule has 2 rings (SSSR count). The molecular formula is C8H5ClN2O. The quantitative estimate of drug-likeness (QED) is 0.456. The van der Waals surface area contributed by atoms with Crippen LogP contribution in [0.2, 0.25) is 5.02 Å². The van der Waals surface area contributed by atoms with Crippen molar-refractivity contribution in [1.29, 1.82) is 0 Å². The molecule has 0 bridgehead atoms. The van der Waals surface area contributed by atoms with Crippen LogP contribution in [0.25, 0.3) is 10.9 Å². The van der Waals surface area contributed by atoms with Gasteiger partial charge in [-0.25, -0.2) is 4.73 Å². The van der Waals surface area contributed by atoms with Crippen LogP contribution >= 0.6 is 11.6 Å². The molecule has 0 aliphatic carbocycles. The molecule has 0 saturated carbocycles. The van der Waals surface area contributed by atoms with Gasteiger partial charge in [0, 0.05) is 5.02 Å². The highest BCUT2D eigenvalue weighted by Crippen LogP contribution is 2.15. The zero-order chi connectivity index (χ0) is 8.55. The van der Waals surface area contributed by atoms with Crippen LogP contribution in [0.5, 0.6) is 0 Å². The van der Waals surface area contributed by atoms with Crippen molar-refractivity contribution in [3.63, 3.8) is 0 Å². The van der Waals surface area contributed by atoms with Gasteiger partial charge in [-0.3, -0.25) is 0 Å². The minimum Gasteiger partial charge on any atom is -0.711 e. The highest BCUT2D eigenvalue weighted by Gasteiger charge is 2.00. The van der Waals surface area contributed by atoms with Crippen molar-refractivity contribution in [3.8, 4) is 0 Å². The zero-order valence-electron chi connectivity index (χ0n) is 6.07. The summed E-state index contributed by atoms with van der Waals surface area (Å²) in [6, 6.07) is 5.22. The van der Waals surface area contributed by atoms with Crippen molar-refractivity contribution in [2.75, 3.05) is 0 Å². The van der Waals surface area contributed by atoms with Crippen molar-refractivity contribution < 1.29 is 4.73 Å². The Morgan fingerprint density at radius 3 is 3.08 bits per heavy atom. The summed E-state index contributed by atoms with van der Waals surface area (Å²) in [6.45, 7) is 0. The average Bonchev–Trinajstić information content (AvgIpc) is 2.03. The standard InChI is InChI=1S/C8H5ClN2O/c9-7-1-2-8-6(3-7)4-11(12)5-10-8/h1-5H. The Morgan fingerprint density at radius 2 is 2.25 bits per heavy atom. The summed E-state index contributed by atoms with van der Waals surface area (Å²) in [5, 5.41) is 12.2. The summed E-state index contributed by atoms with van der Waals surface area (Å²) in [5.41, 5.74) is 0.770. The number of nitrogens with zero attached hydrogens (tertiary/aromatic N) is 2. The van der Waals surface area contributed by atoms with Crippen molar-refractivity contribution in [3.05, 3.63) is 41.0 Å². The van der Waals surface area contributed by atoms with Gasteiger partial charge < -0.3 is 5.21 Å². The van der Waals surface area contributed by atoms with E-state index in [9.17, 15) is 5.21 Å². The molecule has 0 radical (unpaired) electrons. The third kappa shape index (κ3) is 1.19. The maximum absolute atomic E-state index is 10.8. The molecule has 0 spiro atoms. The van der Waals surface area contributed by atoms with Gasteiger partial charge in [0.15, 0.2) is 5.52 Å². The number of benzene rings is 1. The zero-order valence-corrected chi connectivity index (χ0v) is 6.82. The van der Waals surface area contributed by atoms with Crippen molar-refractivity contribution in [1.82, 2.24) is 4.98 Å². The van der Waals surface area contributed by atoms with Gasteiger partial charge in [-0.1, -0.05) is 11.6 Å². The van der Waals surface area contributed by atoms with E-state index in [1.165, 1.54) is 12.5 Å². The Balaban J connectivity index is 2.80. The first-order chi connectivity index (χ1) is 5.75. The number of aromatic nitrogens is 2. The molecule has 0 fully saturated rings. The number of fused-ring (bicyclic) bond motifs is 1. The van der Waals surface area contributed by atoms with Gasteiger partial charge in [0.2, 0.25) is 0 Å². The van der Waals surface area contributed by atoms with Crippen LogP contribution in [0.4, 0.5) is 0 Å². The molecule has 0 unspecified atom stereocenters. The monoisotopic (exact) mass is 180 g/mol. The van der Waals surface area contributed by atoms with Crippen LogP contribution < -0.4 is 4.73 Å². The van der Waals surface area contributed by atoms with Crippen LogP contribution in [-0.4, -0.2) is 4.98 Å². The van der Waals surface area contributed by atoms with E-state index in [0.717, 1.165) is 10.9 Å². The average molecular weight is 181 g/mol. The first-order valence-electron chi connectivity index (χ1n) is 3.40. The largest absolute Gasteiger partial charge is 0.711 e. The number of hydrogen-bond acceptors (Lipinski definition) is 2. The smallest absolute Gasteiger partial charge is 0.289 e. The maximum Gasteiger partial charge on any atom is 0.289 e. The summed E-state index contributed by atoms with van der Waals surface area (Å²) in [4.78, 5) is 3.91. The van der Waals surface area contributed by atoms with Crippen LogP contribution in [0, 0.1) is 5.21 Å². The second-order valence-electron chi connectivity index (χ2n) is 2.44. The molecule has 2 aromatic rings. The van der Waals surface area contributed by atoms with Crippen LogP contribution in [0.1, 0.15) is 0 Å². The van der Waals surface area contributed by atoms with Gasteiger partial charge in [-0.15, -0.1) is 0 Å². The second-order valence-corrected chi connectivity index (χ2v) is 2.87. The fourth-order valence-corrected chi connectivity index (χ4v) is 1.22. The van der Waals surface area contributed by atoms with Gasteiger partial charge in [0.1, 0.15) is 6.20 Å².